The summed E-state index contributed by atoms with van der Waals surface area (Å²) in [5.41, 5.74) is 12.0. The van der Waals surface area contributed by atoms with Crippen molar-refractivity contribution in [2.24, 2.45) is 23.3 Å². The first-order valence-corrected chi connectivity index (χ1v) is 6.28. The summed E-state index contributed by atoms with van der Waals surface area (Å²) in [5.74, 6) is 1.25. The Labute approximate surface area is 95.0 Å². The Morgan fingerprint density at radius 2 is 1.60 bits per heavy atom. The minimum Gasteiger partial charge on any atom is -0.316 e. The van der Waals surface area contributed by atoms with Crippen LogP contribution in [-0.2, 0) is 0 Å². The van der Waals surface area contributed by atoms with Gasteiger partial charge in [0, 0.05) is 0 Å². The van der Waals surface area contributed by atoms with Crippen LogP contribution in [0.15, 0.2) is 0 Å². The van der Waals surface area contributed by atoms with Crippen molar-refractivity contribution in [2.45, 2.75) is 65.7 Å². The lowest BCUT2D eigenvalue weighted by Crippen LogP contribution is -2.51. The van der Waals surface area contributed by atoms with E-state index in [2.05, 4.69) is 33.0 Å². The van der Waals surface area contributed by atoms with E-state index in [1.807, 2.05) is 0 Å². The first-order valence-electron chi connectivity index (χ1n) is 6.28. The van der Waals surface area contributed by atoms with Crippen LogP contribution in [0, 0.1) is 11.8 Å². The molecule has 0 radical (unpaired) electrons. The minimum atomic E-state index is 0.0296. The molecule has 5 N–H and O–H groups in total. The van der Waals surface area contributed by atoms with Gasteiger partial charge in [0.15, 0.2) is 0 Å². The second-order valence-corrected chi connectivity index (χ2v) is 4.78. The van der Waals surface area contributed by atoms with Gasteiger partial charge < -0.3 is 11.5 Å². The Morgan fingerprint density at radius 3 is 2.07 bits per heavy atom. The molecular formula is C12H29N3. The molecule has 0 saturated heterocycles. The third kappa shape index (κ3) is 6.88. The second kappa shape index (κ2) is 8.08. The molecule has 0 aliphatic rings. The standard InChI is InChI=1S/C12H29N3/c1-5-9(3)7-8-11(13)15-12(14)10(4)6-2/h9-12,15H,5-8,13-14H2,1-4H3/t9-,10+,11+,12?/m0/s1. The molecule has 0 aromatic carbocycles. The van der Waals surface area contributed by atoms with Crippen LogP contribution >= 0.6 is 0 Å². The fourth-order valence-electron chi connectivity index (χ4n) is 1.42. The Morgan fingerprint density at radius 1 is 1.00 bits per heavy atom. The van der Waals surface area contributed by atoms with Crippen LogP contribution in [0.25, 0.3) is 0 Å². The van der Waals surface area contributed by atoms with Crippen LogP contribution in [0.3, 0.4) is 0 Å². The molecule has 3 nitrogen and oxygen atoms in total. The SMILES string of the molecule is CC[C@H](C)CC[C@H](N)NC(N)[C@H](C)CC. The first kappa shape index (κ1) is 14.9. The van der Waals surface area contributed by atoms with Crippen molar-refractivity contribution in [3.8, 4) is 0 Å². The fourth-order valence-corrected chi connectivity index (χ4v) is 1.42. The third-order valence-electron chi connectivity index (χ3n) is 3.33. The van der Waals surface area contributed by atoms with Gasteiger partial charge in [0.05, 0.1) is 12.3 Å². The monoisotopic (exact) mass is 215 g/mol. The molecule has 0 saturated carbocycles. The zero-order chi connectivity index (χ0) is 11.8. The summed E-state index contributed by atoms with van der Waals surface area (Å²) in [7, 11) is 0. The highest BCUT2D eigenvalue weighted by molar-refractivity contribution is 4.70. The van der Waals surface area contributed by atoms with Crippen LogP contribution in [0.2, 0.25) is 0 Å². The van der Waals surface area contributed by atoms with Crippen LogP contribution in [0.4, 0.5) is 0 Å². The highest BCUT2D eigenvalue weighted by Gasteiger charge is 2.13. The molecule has 0 aliphatic carbocycles. The van der Waals surface area contributed by atoms with E-state index in [0.29, 0.717) is 5.92 Å². The van der Waals surface area contributed by atoms with Gasteiger partial charge in [0.1, 0.15) is 0 Å². The van der Waals surface area contributed by atoms with E-state index in [1.165, 1.54) is 12.8 Å². The molecule has 0 spiro atoms. The van der Waals surface area contributed by atoms with Gasteiger partial charge in [-0.15, -0.1) is 0 Å². The maximum Gasteiger partial charge on any atom is 0.0584 e. The van der Waals surface area contributed by atoms with E-state index in [9.17, 15) is 0 Å². The van der Waals surface area contributed by atoms with Crippen LogP contribution in [0.5, 0.6) is 0 Å². The molecule has 0 aromatic rings. The van der Waals surface area contributed by atoms with Gasteiger partial charge >= 0.3 is 0 Å². The molecule has 92 valence electrons. The Hall–Kier alpha value is -0.120. The highest BCUT2D eigenvalue weighted by Crippen LogP contribution is 2.10. The summed E-state index contributed by atoms with van der Waals surface area (Å²) in [6, 6.07) is 0. The number of hydrogen-bond donors (Lipinski definition) is 3. The first-order chi connectivity index (χ1) is 7.01. The predicted molar refractivity (Wildman–Crippen MR) is 67.2 cm³/mol. The van der Waals surface area contributed by atoms with E-state index in [4.69, 9.17) is 11.5 Å². The van der Waals surface area contributed by atoms with Crippen molar-refractivity contribution in [3.63, 3.8) is 0 Å². The van der Waals surface area contributed by atoms with Gasteiger partial charge in [-0.2, -0.15) is 0 Å². The summed E-state index contributed by atoms with van der Waals surface area (Å²) in [5, 5.41) is 3.27. The molecule has 15 heavy (non-hydrogen) atoms. The maximum absolute atomic E-state index is 5.98. The van der Waals surface area contributed by atoms with Crippen molar-refractivity contribution in [1.29, 1.82) is 0 Å². The van der Waals surface area contributed by atoms with Gasteiger partial charge in [-0.1, -0.05) is 40.5 Å². The van der Waals surface area contributed by atoms with E-state index in [-0.39, 0.29) is 12.3 Å². The summed E-state index contributed by atoms with van der Waals surface area (Å²) in [4.78, 5) is 0. The normalized spacial score (nSPS) is 19.6. The Bertz CT molecular complexity index is 150. The van der Waals surface area contributed by atoms with Crippen molar-refractivity contribution < 1.29 is 0 Å². The van der Waals surface area contributed by atoms with Crippen molar-refractivity contribution in [2.75, 3.05) is 0 Å². The topological polar surface area (TPSA) is 64.1 Å². The molecule has 0 amide bonds. The van der Waals surface area contributed by atoms with Crippen molar-refractivity contribution >= 4 is 0 Å². The molecule has 4 atom stereocenters. The summed E-state index contributed by atoms with van der Waals surface area (Å²) < 4.78 is 0. The van der Waals surface area contributed by atoms with E-state index < -0.39 is 0 Å². The van der Waals surface area contributed by atoms with E-state index in [0.717, 1.165) is 18.8 Å². The lowest BCUT2D eigenvalue weighted by Gasteiger charge is -2.24. The van der Waals surface area contributed by atoms with Crippen LogP contribution in [0.1, 0.15) is 53.4 Å². The van der Waals surface area contributed by atoms with E-state index >= 15 is 0 Å². The molecule has 1 unspecified atom stereocenters. The minimum absolute atomic E-state index is 0.0296. The lowest BCUT2D eigenvalue weighted by atomic mass is 10.0. The summed E-state index contributed by atoms with van der Waals surface area (Å²) in [6.45, 7) is 8.78. The zero-order valence-corrected chi connectivity index (χ0v) is 10.8. The summed E-state index contributed by atoms with van der Waals surface area (Å²) in [6.07, 6.45) is 4.58. The number of rotatable bonds is 8. The smallest absolute Gasteiger partial charge is 0.0584 e. The molecule has 0 aliphatic heterocycles. The van der Waals surface area contributed by atoms with Crippen molar-refractivity contribution in [3.05, 3.63) is 0 Å². The predicted octanol–water partition coefficient (Wildman–Crippen LogP) is 2.02. The van der Waals surface area contributed by atoms with E-state index in [1.54, 1.807) is 0 Å². The van der Waals surface area contributed by atoms with Gasteiger partial charge in [0.25, 0.3) is 0 Å². The molecule has 0 rings (SSSR count). The average Bonchev–Trinajstić information content (AvgIpc) is 2.24. The van der Waals surface area contributed by atoms with Gasteiger partial charge in [-0.25, -0.2) is 0 Å². The molecular weight excluding hydrogens is 186 g/mol. The second-order valence-electron chi connectivity index (χ2n) is 4.78. The third-order valence-corrected chi connectivity index (χ3v) is 3.33. The fraction of sp³-hybridized carbons (Fsp3) is 1.00. The summed E-state index contributed by atoms with van der Waals surface area (Å²) >= 11 is 0. The average molecular weight is 215 g/mol. The van der Waals surface area contributed by atoms with Gasteiger partial charge in [0.2, 0.25) is 0 Å². The van der Waals surface area contributed by atoms with Gasteiger partial charge in [-0.05, 0) is 24.7 Å². The number of nitrogens with two attached hydrogens (primary N) is 2. The molecule has 0 bridgehead atoms. The Kier molecular flexibility index (Phi) is 8.02. The van der Waals surface area contributed by atoms with Crippen LogP contribution < -0.4 is 16.8 Å². The molecule has 3 heteroatoms. The molecule has 0 heterocycles. The molecule has 0 aromatic heterocycles. The lowest BCUT2D eigenvalue weighted by molar-refractivity contribution is 0.315. The zero-order valence-electron chi connectivity index (χ0n) is 10.8. The van der Waals surface area contributed by atoms with Gasteiger partial charge in [-0.3, -0.25) is 5.32 Å². The highest BCUT2D eigenvalue weighted by atomic mass is 15.1. The Balaban J connectivity index is 3.68. The molecule has 0 fully saturated rings. The number of nitrogens with one attached hydrogen (secondary N) is 1. The maximum atomic E-state index is 5.98. The quantitative estimate of drug-likeness (QED) is 0.543. The van der Waals surface area contributed by atoms with Crippen molar-refractivity contribution in [1.82, 2.24) is 5.32 Å². The number of hydrogen-bond acceptors (Lipinski definition) is 3. The van der Waals surface area contributed by atoms with Crippen LogP contribution in [-0.4, -0.2) is 12.3 Å². The largest absolute Gasteiger partial charge is 0.316 e.